The Bertz CT molecular complexity index is 800. The molecular formula is C16H12ClN3O4. The van der Waals surface area contributed by atoms with Crippen LogP contribution in [-0.2, 0) is 9.53 Å². The lowest BCUT2D eigenvalue weighted by molar-refractivity contribution is -0.118. The summed E-state index contributed by atoms with van der Waals surface area (Å²) in [4.78, 5) is 27.2. The van der Waals surface area contributed by atoms with Gasteiger partial charge in [0.15, 0.2) is 6.61 Å². The van der Waals surface area contributed by atoms with Gasteiger partial charge in [0.1, 0.15) is 17.6 Å². The number of carbonyl (C=O) groups excluding carboxylic acids is 2. The number of anilines is 1. The number of esters is 1. The van der Waals surface area contributed by atoms with Gasteiger partial charge >= 0.3 is 5.97 Å². The van der Waals surface area contributed by atoms with E-state index in [0.29, 0.717) is 10.8 Å². The Labute approximate surface area is 142 Å². The monoisotopic (exact) mass is 345 g/mol. The molecule has 7 nitrogen and oxygen atoms in total. The van der Waals surface area contributed by atoms with Crippen molar-refractivity contribution in [3.05, 3.63) is 52.7 Å². The molecule has 0 fully saturated rings. The van der Waals surface area contributed by atoms with Crippen LogP contribution in [0, 0.1) is 11.3 Å². The van der Waals surface area contributed by atoms with Crippen molar-refractivity contribution in [2.75, 3.05) is 19.0 Å². The summed E-state index contributed by atoms with van der Waals surface area (Å²) in [6.07, 6.45) is 1.40. The van der Waals surface area contributed by atoms with Crippen LogP contribution in [0.1, 0.15) is 15.9 Å². The molecule has 1 amide bonds. The molecular weight excluding hydrogens is 334 g/mol. The van der Waals surface area contributed by atoms with E-state index in [4.69, 9.17) is 21.6 Å². The van der Waals surface area contributed by atoms with Crippen LogP contribution < -0.4 is 10.1 Å². The van der Waals surface area contributed by atoms with Crippen LogP contribution >= 0.6 is 11.6 Å². The lowest BCUT2D eigenvalue weighted by Crippen LogP contribution is -2.21. The number of rotatable bonds is 5. The zero-order valence-electron chi connectivity index (χ0n) is 12.6. The first-order valence-corrected chi connectivity index (χ1v) is 7.08. The van der Waals surface area contributed by atoms with E-state index >= 15 is 0 Å². The Morgan fingerprint density at radius 1 is 1.33 bits per heavy atom. The van der Waals surface area contributed by atoms with E-state index in [2.05, 4.69) is 15.0 Å². The van der Waals surface area contributed by atoms with E-state index in [0.717, 1.165) is 0 Å². The Morgan fingerprint density at radius 2 is 2.12 bits per heavy atom. The molecule has 1 aromatic carbocycles. The first-order chi connectivity index (χ1) is 11.5. The van der Waals surface area contributed by atoms with Gasteiger partial charge in [-0.05, 0) is 30.3 Å². The van der Waals surface area contributed by atoms with Gasteiger partial charge in [0.2, 0.25) is 0 Å². The van der Waals surface area contributed by atoms with Gasteiger partial charge in [-0.15, -0.1) is 0 Å². The molecule has 0 aliphatic rings. The molecule has 0 bridgehead atoms. The number of methoxy groups -OCH3 is 1. The van der Waals surface area contributed by atoms with Crippen LogP contribution in [0.2, 0.25) is 5.02 Å². The zero-order chi connectivity index (χ0) is 17.5. The number of aromatic nitrogens is 1. The molecule has 0 atom stereocenters. The molecule has 0 saturated heterocycles. The number of amides is 1. The Balaban J connectivity index is 2.00. The third-order valence-electron chi connectivity index (χ3n) is 2.87. The molecule has 122 valence electrons. The fourth-order valence-electron chi connectivity index (χ4n) is 1.76. The van der Waals surface area contributed by atoms with Gasteiger partial charge in [0.05, 0.1) is 23.3 Å². The molecule has 0 aliphatic heterocycles. The van der Waals surface area contributed by atoms with Gasteiger partial charge < -0.3 is 14.8 Å². The molecule has 1 aromatic heterocycles. The summed E-state index contributed by atoms with van der Waals surface area (Å²) in [7, 11) is 1.24. The summed E-state index contributed by atoms with van der Waals surface area (Å²) < 4.78 is 9.89. The normalized spacial score (nSPS) is 9.71. The van der Waals surface area contributed by atoms with Crippen LogP contribution in [0.25, 0.3) is 0 Å². The number of halogens is 1. The van der Waals surface area contributed by atoms with E-state index < -0.39 is 11.9 Å². The second-order valence-electron chi connectivity index (χ2n) is 4.51. The fourth-order valence-corrected chi connectivity index (χ4v) is 1.87. The van der Waals surface area contributed by atoms with Gasteiger partial charge in [0.25, 0.3) is 5.91 Å². The molecule has 0 unspecified atom stereocenters. The van der Waals surface area contributed by atoms with Gasteiger partial charge in [-0.2, -0.15) is 5.26 Å². The Hall–Kier alpha value is -3.11. The standard InChI is InChI=1S/C16H12ClN3O4/c1-23-16(22)10-2-4-13(11(6-10)7-18)24-9-15(21)20-14-5-3-12(17)8-19-14/h2-6,8H,9H2,1H3,(H,19,20,21). The van der Waals surface area contributed by atoms with E-state index in [9.17, 15) is 9.59 Å². The molecule has 1 heterocycles. The number of benzene rings is 1. The van der Waals surface area contributed by atoms with E-state index in [1.54, 1.807) is 12.1 Å². The number of ether oxygens (including phenoxy) is 2. The number of hydrogen-bond donors (Lipinski definition) is 1. The quantitative estimate of drug-likeness (QED) is 0.835. The lowest BCUT2D eigenvalue weighted by atomic mass is 10.1. The number of hydrogen-bond acceptors (Lipinski definition) is 6. The molecule has 24 heavy (non-hydrogen) atoms. The van der Waals surface area contributed by atoms with Crippen molar-refractivity contribution in [1.82, 2.24) is 4.98 Å². The second-order valence-corrected chi connectivity index (χ2v) is 4.95. The highest BCUT2D eigenvalue weighted by molar-refractivity contribution is 6.30. The maximum absolute atomic E-state index is 11.8. The lowest BCUT2D eigenvalue weighted by Gasteiger charge is -2.09. The average Bonchev–Trinajstić information content (AvgIpc) is 2.61. The SMILES string of the molecule is COC(=O)c1ccc(OCC(=O)Nc2ccc(Cl)cn2)c(C#N)c1. The van der Waals surface area contributed by atoms with Gasteiger partial charge in [0, 0.05) is 6.20 Å². The average molecular weight is 346 g/mol. The van der Waals surface area contributed by atoms with E-state index in [1.807, 2.05) is 6.07 Å². The summed E-state index contributed by atoms with van der Waals surface area (Å²) in [5.74, 6) is -0.505. The molecule has 8 heteroatoms. The van der Waals surface area contributed by atoms with Crippen LogP contribution in [0.3, 0.4) is 0 Å². The summed E-state index contributed by atoms with van der Waals surface area (Å²) in [5, 5.41) is 12.1. The van der Waals surface area contributed by atoms with Crippen molar-refractivity contribution in [2.24, 2.45) is 0 Å². The molecule has 0 aliphatic carbocycles. The van der Waals surface area contributed by atoms with Crippen LogP contribution in [0.15, 0.2) is 36.5 Å². The predicted octanol–water partition coefficient (Wildman–Crippen LogP) is 2.41. The fraction of sp³-hybridized carbons (Fsp3) is 0.125. The molecule has 1 N–H and O–H groups in total. The first-order valence-electron chi connectivity index (χ1n) is 6.70. The highest BCUT2D eigenvalue weighted by Gasteiger charge is 2.12. The zero-order valence-corrected chi connectivity index (χ0v) is 13.3. The smallest absolute Gasteiger partial charge is 0.337 e. The summed E-state index contributed by atoms with van der Waals surface area (Å²) in [6.45, 7) is -0.323. The first kappa shape index (κ1) is 17.2. The van der Waals surface area contributed by atoms with Crippen molar-refractivity contribution >= 4 is 29.3 Å². The van der Waals surface area contributed by atoms with Crippen molar-refractivity contribution < 1.29 is 19.1 Å². The maximum Gasteiger partial charge on any atom is 0.337 e. The third kappa shape index (κ3) is 4.44. The van der Waals surface area contributed by atoms with Gasteiger partial charge in [-0.3, -0.25) is 4.79 Å². The van der Waals surface area contributed by atoms with Crippen molar-refractivity contribution in [2.45, 2.75) is 0 Å². The third-order valence-corrected chi connectivity index (χ3v) is 3.10. The Kier molecular flexibility index (Phi) is 5.71. The summed E-state index contributed by atoms with van der Waals surface area (Å²) >= 11 is 5.70. The number of nitriles is 1. The van der Waals surface area contributed by atoms with Crippen molar-refractivity contribution in [3.8, 4) is 11.8 Å². The molecule has 2 aromatic rings. The number of nitrogens with one attached hydrogen (secondary N) is 1. The minimum absolute atomic E-state index is 0.121. The second kappa shape index (κ2) is 7.94. The number of carbonyl (C=O) groups is 2. The molecule has 2 rings (SSSR count). The topological polar surface area (TPSA) is 101 Å². The minimum atomic E-state index is -0.565. The molecule has 0 radical (unpaired) electrons. The summed E-state index contributed by atoms with van der Waals surface area (Å²) in [5.41, 5.74) is 0.339. The Morgan fingerprint density at radius 3 is 2.75 bits per heavy atom. The van der Waals surface area contributed by atoms with Gasteiger partial charge in [-0.25, -0.2) is 9.78 Å². The predicted molar refractivity (Wildman–Crippen MR) is 85.9 cm³/mol. The summed E-state index contributed by atoms with van der Waals surface area (Å²) in [6, 6.07) is 9.25. The van der Waals surface area contributed by atoms with E-state index in [-0.39, 0.29) is 23.5 Å². The van der Waals surface area contributed by atoms with Crippen LogP contribution in [0.4, 0.5) is 5.82 Å². The highest BCUT2D eigenvalue weighted by atomic mass is 35.5. The minimum Gasteiger partial charge on any atom is -0.482 e. The molecule has 0 spiro atoms. The van der Waals surface area contributed by atoms with Crippen molar-refractivity contribution in [3.63, 3.8) is 0 Å². The largest absolute Gasteiger partial charge is 0.482 e. The van der Waals surface area contributed by atoms with Gasteiger partial charge in [-0.1, -0.05) is 11.6 Å². The van der Waals surface area contributed by atoms with E-state index in [1.165, 1.54) is 31.5 Å². The number of pyridine rings is 1. The maximum atomic E-state index is 11.8. The van der Waals surface area contributed by atoms with Crippen LogP contribution in [-0.4, -0.2) is 30.6 Å². The van der Waals surface area contributed by atoms with Crippen LogP contribution in [0.5, 0.6) is 5.75 Å². The molecule has 0 saturated carbocycles. The van der Waals surface area contributed by atoms with Crippen molar-refractivity contribution in [1.29, 1.82) is 5.26 Å². The highest BCUT2D eigenvalue weighted by Crippen LogP contribution is 2.20. The number of nitrogens with zero attached hydrogens (tertiary/aromatic N) is 2.